The zero-order chi connectivity index (χ0) is 15.4. The molecule has 0 radical (unpaired) electrons. The molecular formula is C14H21ClN4O2. The first kappa shape index (κ1) is 16.0. The summed E-state index contributed by atoms with van der Waals surface area (Å²) in [5.74, 6) is 0. The van der Waals surface area contributed by atoms with Gasteiger partial charge in [-0.25, -0.2) is 0 Å². The van der Waals surface area contributed by atoms with Gasteiger partial charge in [-0.3, -0.25) is 15.0 Å². The van der Waals surface area contributed by atoms with Crippen LogP contribution in [0.1, 0.15) is 0 Å². The lowest BCUT2D eigenvalue weighted by molar-refractivity contribution is -0.384. The second-order valence-electron chi connectivity index (χ2n) is 5.50. The van der Waals surface area contributed by atoms with Crippen LogP contribution in [0.25, 0.3) is 0 Å². The van der Waals surface area contributed by atoms with Crippen LogP contribution in [0.5, 0.6) is 0 Å². The Hall–Kier alpha value is -1.37. The summed E-state index contributed by atoms with van der Waals surface area (Å²) in [6.07, 6.45) is 0. The topological polar surface area (TPSA) is 52.9 Å². The average molecular weight is 313 g/mol. The van der Waals surface area contributed by atoms with E-state index >= 15 is 0 Å². The number of nitro benzene ring substituents is 1. The molecule has 0 unspecified atom stereocenters. The molecule has 0 amide bonds. The van der Waals surface area contributed by atoms with E-state index in [0.29, 0.717) is 5.69 Å². The second-order valence-corrected chi connectivity index (χ2v) is 5.90. The van der Waals surface area contributed by atoms with Gasteiger partial charge in [0.15, 0.2) is 0 Å². The Balaban J connectivity index is 2.03. The van der Waals surface area contributed by atoms with Crippen LogP contribution in [-0.2, 0) is 0 Å². The highest BCUT2D eigenvalue weighted by molar-refractivity contribution is 6.33. The van der Waals surface area contributed by atoms with Crippen molar-refractivity contribution in [1.82, 2.24) is 9.80 Å². The van der Waals surface area contributed by atoms with E-state index in [4.69, 9.17) is 11.6 Å². The van der Waals surface area contributed by atoms with E-state index in [0.717, 1.165) is 39.3 Å². The maximum absolute atomic E-state index is 11.2. The number of hydrogen-bond donors (Lipinski definition) is 0. The molecule has 0 N–H and O–H groups in total. The Bertz CT molecular complexity index is 502. The first-order chi connectivity index (χ1) is 9.99. The summed E-state index contributed by atoms with van der Waals surface area (Å²) in [7, 11) is 4.12. The molecule has 1 aliphatic heterocycles. The third kappa shape index (κ3) is 4.06. The van der Waals surface area contributed by atoms with Crippen LogP contribution >= 0.6 is 11.6 Å². The molecule has 1 aromatic carbocycles. The lowest BCUT2D eigenvalue weighted by Crippen LogP contribution is -2.48. The van der Waals surface area contributed by atoms with Crippen molar-refractivity contribution in [3.8, 4) is 0 Å². The fourth-order valence-corrected chi connectivity index (χ4v) is 2.73. The predicted octanol–water partition coefficient (Wildman–Crippen LogP) is 1.93. The zero-order valence-electron chi connectivity index (χ0n) is 12.5. The molecule has 0 saturated carbocycles. The van der Waals surface area contributed by atoms with Crippen LogP contribution in [-0.4, -0.2) is 68.1 Å². The van der Waals surface area contributed by atoms with Crippen molar-refractivity contribution in [3.63, 3.8) is 0 Å². The fraction of sp³-hybridized carbons (Fsp3) is 0.571. The maximum Gasteiger partial charge on any atom is 0.310 e. The van der Waals surface area contributed by atoms with Crippen molar-refractivity contribution in [2.75, 3.05) is 58.3 Å². The molecule has 6 nitrogen and oxygen atoms in total. The van der Waals surface area contributed by atoms with Gasteiger partial charge in [-0.1, -0.05) is 17.7 Å². The number of piperazine rings is 1. The number of nitrogens with zero attached hydrogens (tertiary/aromatic N) is 4. The molecule has 21 heavy (non-hydrogen) atoms. The van der Waals surface area contributed by atoms with Gasteiger partial charge in [0.2, 0.25) is 0 Å². The Morgan fingerprint density at radius 1 is 1.29 bits per heavy atom. The van der Waals surface area contributed by atoms with Crippen LogP contribution in [0, 0.1) is 10.1 Å². The van der Waals surface area contributed by atoms with E-state index in [-0.39, 0.29) is 10.7 Å². The fourth-order valence-electron chi connectivity index (χ4n) is 2.49. The number of para-hydroxylation sites is 1. The molecule has 0 aliphatic carbocycles. The molecular weight excluding hydrogens is 292 g/mol. The number of hydrogen-bond acceptors (Lipinski definition) is 5. The van der Waals surface area contributed by atoms with Crippen LogP contribution < -0.4 is 4.90 Å². The van der Waals surface area contributed by atoms with Gasteiger partial charge in [0.1, 0.15) is 10.7 Å². The monoisotopic (exact) mass is 312 g/mol. The summed E-state index contributed by atoms with van der Waals surface area (Å²) >= 11 is 5.97. The number of likely N-dealkylation sites (N-methyl/N-ethyl adjacent to an activating group) is 1. The number of nitro groups is 1. The van der Waals surface area contributed by atoms with Gasteiger partial charge in [-0.2, -0.15) is 0 Å². The molecule has 1 aliphatic rings. The van der Waals surface area contributed by atoms with Gasteiger partial charge in [0, 0.05) is 39.3 Å². The van der Waals surface area contributed by atoms with Crippen molar-refractivity contribution >= 4 is 23.0 Å². The van der Waals surface area contributed by atoms with Gasteiger partial charge >= 0.3 is 5.69 Å². The molecule has 0 aromatic heterocycles. The Morgan fingerprint density at radius 2 is 1.95 bits per heavy atom. The molecule has 0 bridgehead atoms. The molecule has 1 fully saturated rings. The minimum atomic E-state index is -0.393. The van der Waals surface area contributed by atoms with Crippen LogP contribution in [0.3, 0.4) is 0 Å². The van der Waals surface area contributed by atoms with E-state index in [1.54, 1.807) is 18.2 Å². The van der Waals surface area contributed by atoms with Gasteiger partial charge in [0.05, 0.1) is 4.92 Å². The van der Waals surface area contributed by atoms with E-state index in [2.05, 4.69) is 28.8 Å². The first-order valence-electron chi connectivity index (χ1n) is 7.04. The smallest absolute Gasteiger partial charge is 0.310 e. The molecule has 2 rings (SSSR count). The molecule has 0 spiro atoms. The number of anilines is 1. The summed E-state index contributed by atoms with van der Waals surface area (Å²) in [4.78, 5) is 17.4. The third-order valence-corrected chi connectivity index (χ3v) is 4.03. The molecule has 0 atom stereocenters. The first-order valence-corrected chi connectivity index (χ1v) is 7.42. The summed E-state index contributed by atoms with van der Waals surface area (Å²) in [5.41, 5.74) is 0.640. The van der Waals surface area contributed by atoms with Crippen molar-refractivity contribution < 1.29 is 4.92 Å². The van der Waals surface area contributed by atoms with Crippen molar-refractivity contribution in [3.05, 3.63) is 33.3 Å². The lowest BCUT2D eigenvalue weighted by Gasteiger charge is -2.36. The van der Waals surface area contributed by atoms with Crippen LogP contribution in [0.4, 0.5) is 11.4 Å². The Morgan fingerprint density at radius 3 is 2.52 bits per heavy atom. The van der Waals surface area contributed by atoms with Gasteiger partial charge in [-0.15, -0.1) is 0 Å². The SMILES string of the molecule is CN(C)CCN1CCN(c2cccc(Cl)c2[N+](=O)[O-])CC1. The van der Waals surface area contributed by atoms with Crippen LogP contribution in [0.2, 0.25) is 5.02 Å². The van der Waals surface area contributed by atoms with Crippen molar-refractivity contribution in [2.45, 2.75) is 0 Å². The summed E-state index contributed by atoms with van der Waals surface area (Å²) in [6, 6.07) is 5.11. The van der Waals surface area contributed by atoms with Gasteiger partial charge in [-0.05, 0) is 26.2 Å². The minimum Gasteiger partial charge on any atom is -0.363 e. The summed E-state index contributed by atoms with van der Waals surface area (Å²) in [6.45, 7) is 5.45. The highest BCUT2D eigenvalue weighted by Crippen LogP contribution is 2.35. The van der Waals surface area contributed by atoms with Gasteiger partial charge in [0.25, 0.3) is 0 Å². The predicted molar refractivity (Wildman–Crippen MR) is 85.3 cm³/mol. The number of halogens is 1. The maximum atomic E-state index is 11.2. The van der Waals surface area contributed by atoms with Crippen molar-refractivity contribution in [1.29, 1.82) is 0 Å². The highest BCUT2D eigenvalue weighted by Gasteiger charge is 2.25. The zero-order valence-corrected chi connectivity index (χ0v) is 13.2. The lowest BCUT2D eigenvalue weighted by atomic mass is 10.2. The average Bonchev–Trinajstić information content (AvgIpc) is 2.45. The quantitative estimate of drug-likeness (QED) is 0.614. The Labute approximate surface area is 130 Å². The molecule has 1 aromatic rings. The molecule has 1 heterocycles. The van der Waals surface area contributed by atoms with E-state index in [1.165, 1.54) is 0 Å². The standard InChI is InChI=1S/C14H21ClN4O2/c1-16(2)6-7-17-8-10-18(11-9-17)13-5-3-4-12(15)14(13)19(20)21/h3-5H,6-11H2,1-2H3. The highest BCUT2D eigenvalue weighted by atomic mass is 35.5. The minimum absolute atomic E-state index is 0.0147. The largest absolute Gasteiger partial charge is 0.363 e. The van der Waals surface area contributed by atoms with Crippen LogP contribution in [0.15, 0.2) is 18.2 Å². The normalized spacial score (nSPS) is 16.5. The molecule has 1 saturated heterocycles. The van der Waals surface area contributed by atoms with Crippen molar-refractivity contribution in [2.24, 2.45) is 0 Å². The number of rotatable bonds is 5. The van der Waals surface area contributed by atoms with E-state index in [9.17, 15) is 10.1 Å². The Kier molecular flexibility index (Phi) is 5.39. The second kappa shape index (κ2) is 7.06. The number of benzene rings is 1. The van der Waals surface area contributed by atoms with E-state index in [1.807, 2.05) is 0 Å². The molecule has 7 heteroatoms. The van der Waals surface area contributed by atoms with E-state index < -0.39 is 4.92 Å². The summed E-state index contributed by atoms with van der Waals surface area (Å²) in [5, 5.41) is 11.4. The molecule has 116 valence electrons. The van der Waals surface area contributed by atoms with Gasteiger partial charge < -0.3 is 9.80 Å². The third-order valence-electron chi connectivity index (χ3n) is 3.72. The summed E-state index contributed by atoms with van der Waals surface area (Å²) < 4.78 is 0.